The fourth-order valence-corrected chi connectivity index (χ4v) is 4.99. The first-order chi connectivity index (χ1) is 17.3. The number of rotatable bonds is 11. The number of ether oxygens (including phenoxy) is 2. The summed E-state index contributed by atoms with van der Waals surface area (Å²) in [6.45, 7) is 7.23. The molecule has 0 fully saturated rings. The van der Waals surface area contributed by atoms with E-state index in [0.717, 1.165) is 15.4 Å². The first kappa shape index (κ1) is 26.5. The Hall–Kier alpha value is -4.11. The Kier molecular flexibility index (Phi) is 8.86. The van der Waals surface area contributed by atoms with Crippen LogP contribution in [-0.2, 0) is 14.8 Å². The molecule has 0 aliphatic carbocycles. The molecule has 0 saturated carbocycles. The van der Waals surface area contributed by atoms with Gasteiger partial charge in [-0.2, -0.15) is 5.10 Å². The van der Waals surface area contributed by atoms with Gasteiger partial charge in [-0.05, 0) is 61.4 Å². The molecule has 36 heavy (non-hydrogen) atoms. The molecule has 1 amide bonds. The van der Waals surface area contributed by atoms with E-state index >= 15 is 0 Å². The van der Waals surface area contributed by atoms with Crippen LogP contribution in [-0.4, -0.2) is 40.8 Å². The number of carbonyl (C=O) groups excluding carboxylic acids is 1. The van der Waals surface area contributed by atoms with Crippen molar-refractivity contribution >= 4 is 27.8 Å². The van der Waals surface area contributed by atoms with Crippen LogP contribution in [0.2, 0.25) is 0 Å². The number of amides is 1. The Morgan fingerprint density at radius 1 is 1.06 bits per heavy atom. The van der Waals surface area contributed by atoms with Crippen LogP contribution in [0.1, 0.15) is 16.7 Å². The van der Waals surface area contributed by atoms with Crippen LogP contribution in [0.25, 0.3) is 0 Å². The quantitative estimate of drug-likeness (QED) is 0.238. The molecular weight excluding hydrogens is 478 g/mol. The van der Waals surface area contributed by atoms with Gasteiger partial charge < -0.3 is 9.47 Å². The number of hydrogen-bond donors (Lipinski definition) is 1. The van der Waals surface area contributed by atoms with Gasteiger partial charge in [0.15, 0.2) is 11.5 Å². The fraction of sp³-hybridized carbons (Fsp3) is 0.185. The predicted octanol–water partition coefficient (Wildman–Crippen LogP) is 4.22. The van der Waals surface area contributed by atoms with Crippen molar-refractivity contribution in [2.75, 3.05) is 24.6 Å². The Morgan fingerprint density at radius 3 is 2.47 bits per heavy atom. The number of aryl methyl sites for hydroxylation is 2. The predicted molar refractivity (Wildman–Crippen MR) is 141 cm³/mol. The topological polar surface area (TPSA) is 97.3 Å². The smallest absolute Gasteiger partial charge is 0.264 e. The molecule has 188 valence electrons. The van der Waals surface area contributed by atoms with E-state index in [-0.39, 0.29) is 4.90 Å². The van der Waals surface area contributed by atoms with Crippen molar-refractivity contribution < 1.29 is 22.7 Å². The lowest BCUT2D eigenvalue weighted by Crippen LogP contribution is -2.40. The highest BCUT2D eigenvalue weighted by molar-refractivity contribution is 7.92. The highest BCUT2D eigenvalue weighted by Gasteiger charge is 2.28. The summed E-state index contributed by atoms with van der Waals surface area (Å²) in [5, 5.41) is 3.99. The van der Waals surface area contributed by atoms with Crippen molar-refractivity contribution in [3.63, 3.8) is 0 Å². The summed E-state index contributed by atoms with van der Waals surface area (Å²) < 4.78 is 38.9. The molecule has 9 heteroatoms. The summed E-state index contributed by atoms with van der Waals surface area (Å²) in [4.78, 5) is 12.9. The summed E-state index contributed by atoms with van der Waals surface area (Å²) in [5.74, 6) is 0.458. The number of sulfonamides is 1. The highest BCUT2D eigenvalue weighted by atomic mass is 32.2. The third-order valence-corrected chi connectivity index (χ3v) is 6.96. The van der Waals surface area contributed by atoms with Gasteiger partial charge in [0.25, 0.3) is 15.9 Å². The molecule has 0 bridgehead atoms. The first-order valence-electron chi connectivity index (χ1n) is 11.1. The maximum atomic E-state index is 13.5. The van der Waals surface area contributed by atoms with Crippen molar-refractivity contribution in [2.24, 2.45) is 5.10 Å². The molecule has 0 aromatic heterocycles. The summed E-state index contributed by atoms with van der Waals surface area (Å²) in [6.07, 6.45) is 3.06. The first-order valence-corrected chi connectivity index (χ1v) is 12.6. The van der Waals surface area contributed by atoms with Crippen LogP contribution in [0.4, 0.5) is 5.69 Å². The third kappa shape index (κ3) is 6.51. The molecular formula is C27H29N3O5S. The molecule has 3 rings (SSSR count). The highest BCUT2D eigenvalue weighted by Crippen LogP contribution is 2.28. The lowest BCUT2D eigenvalue weighted by Gasteiger charge is -2.25. The van der Waals surface area contributed by atoms with Crippen molar-refractivity contribution in [3.8, 4) is 11.5 Å². The van der Waals surface area contributed by atoms with Crippen molar-refractivity contribution in [1.29, 1.82) is 0 Å². The van der Waals surface area contributed by atoms with E-state index < -0.39 is 22.5 Å². The fourth-order valence-electron chi connectivity index (χ4n) is 3.48. The van der Waals surface area contributed by atoms with Crippen LogP contribution in [0.5, 0.6) is 11.5 Å². The second kappa shape index (κ2) is 12.0. The van der Waals surface area contributed by atoms with E-state index in [2.05, 4.69) is 17.1 Å². The number of nitrogens with one attached hydrogen (secondary N) is 1. The number of nitrogens with zero attached hydrogens (tertiary/aromatic N) is 2. The van der Waals surface area contributed by atoms with Crippen LogP contribution < -0.4 is 19.2 Å². The van der Waals surface area contributed by atoms with Gasteiger partial charge in [0.2, 0.25) is 0 Å². The molecule has 0 atom stereocenters. The zero-order valence-corrected chi connectivity index (χ0v) is 21.3. The normalized spacial score (nSPS) is 11.2. The van der Waals surface area contributed by atoms with Crippen LogP contribution in [0.3, 0.4) is 0 Å². The maximum absolute atomic E-state index is 13.5. The Bertz CT molecular complexity index is 1360. The van der Waals surface area contributed by atoms with Crippen LogP contribution in [0.15, 0.2) is 89.4 Å². The van der Waals surface area contributed by atoms with Crippen LogP contribution >= 0.6 is 0 Å². The molecule has 0 heterocycles. The van der Waals surface area contributed by atoms with Gasteiger partial charge in [0, 0.05) is 0 Å². The van der Waals surface area contributed by atoms with Gasteiger partial charge in [-0.25, -0.2) is 13.8 Å². The van der Waals surface area contributed by atoms with Crippen molar-refractivity contribution in [2.45, 2.75) is 18.7 Å². The number of hydrogen-bond acceptors (Lipinski definition) is 6. The van der Waals surface area contributed by atoms with Gasteiger partial charge in [-0.15, -0.1) is 0 Å². The second-order valence-electron chi connectivity index (χ2n) is 7.92. The molecule has 3 aromatic carbocycles. The zero-order chi connectivity index (χ0) is 26.1. The van der Waals surface area contributed by atoms with E-state index in [9.17, 15) is 13.2 Å². The molecule has 0 aliphatic heterocycles. The Labute approximate surface area is 211 Å². The minimum Gasteiger partial charge on any atom is -0.493 e. The lowest BCUT2D eigenvalue weighted by molar-refractivity contribution is -0.119. The van der Waals surface area contributed by atoms with E-state index in [1.165, 1.54) is 25.5 Å². The Balaban J connectivity index is 1.80. The number of hydrazone groups is 1. The summed E-state index contributed by atoms with van der Waals surface area (Å²) >= 11 is 0. The standard InChI is InChI=1S/C27H29N3O5S/c1-5-15-35-25-14-12-22(17-26(25)34-4)18-28-29-27(31)19-30(24-13-11-20(2)16-21(24)3)36(32,33)23-9-7-6-8-10-23/h5-14,16-18H,1,15,19H2,2-4H3,(H,29,31)/b28-18-. The largest absolute Gasteiger partial charge is 0.493 e. The molecule has 0 saturated heterocycles. The number of benzene rings is 3. The van der Waals surface area contributed by atoms with E-state index in [0.29, 0.717) is 29.4 Å². The summed E-state index contributed by atoms with van der Waals surface area (Å²) in [6, 6.07) is 18.6. The SMILES string of the molecule is C=CCOc1ccc(/C=N\NC(=O)CN(c2ccc(C)cc2C)S(=O)(=O)c2ccccc2)cc1OC. The van der Waals surface area contributed by atoms with Gasteiger partial charge in [-0.3, -0.25) is 9.10 Å². The monoisotopic (exact) mass is 507 g/mol. The average molecular weight is 508 g/mol. The Morgan fingerprint density at radius 2 is 1.81 bits per heavy atom. The second-order valence-corrected chi connectivity index (χ2v) is 9.78. The minimum absolute atomic E-state index is 0.0899. The van der Waals surface area contributed by atoms with E-state index in [1.807, 2.05) is 26.0 Å². The lowest BCUT2D eigenvalue weighted by atomic mass is 10.1. The minimum atomic E-state index is -4.00. The number of carbonyl (C=O) groups is 1. The molecule has 1 N–H and O–H groups in total. The molecule has 0 spiro atoms. The molecule has 0 aliphatic rings. The van der Waals surface area contributed by atoms with Crippen molar-refractivity contribution in [1.82, 2.24) is 5.43 Å². The third-order valence-electron chi connectivity index (χ3n) is 5.19. The van der Waals surface area contributed by atoms with Gasteiger partial charge in [-0.1, -0.05) is 48.6 Å². The van der Waals surface area contributed by atoms with Gasteiger partial charge in [0.05, 0.1) is 23.9 Å². The van der Waals surface area contributed by atoms with Gasteiger partial charge in [0.1, 0.15) is 13.2 Å². The van der Waals surface area contributed by atoms with E-state index in [1.54, 1.807) is 48.5 Å². The number of anilines is 1. The molecule has 8 nitrogen and oxygen atoms in total. The summed E-state index contributed by atoms with van der Waals surface area (Å²) in [5.41, 5.74) is 5.20. The van der Waals surface area contributed by atoms with Crippen molar-refractivity contribution in [3.05, 3.63) is 96.1 Å². The molecule has 0 radical (unpaired) electrons. The molecule has 3 aromatic rings. The average Bonchev–Trinajstić information content (AvgIpc) is 2.87. The summed E-state index contributed by atoms with van der Waals surface area (Å²) in [7, 11) is -2.48. The van der Waals surface area contributed by atoms with Crippen LogP contribution in [0, 0.1) is 13.8 Å². The molecule has 0 unspecified atom stereocenters. The van der Waals surface area contributed by atoms with E-state index in [4.69, 9.17) is 9.47 Å². The number of methoxy groups -OCH3 is 1. The zero-order valence-electron chi connectivity index (χ0n) is 20.5. The van der Waals surface area contributed by atoms with Gasteiger partial charge >= 0.3 is 0 Å². The maximum Gasteiger partial charge on any atom is 0.264 e.